The maximum absolute atomic E-state index is 14.3. The van der Waals surface area contributed by atoms with Crippen LogP contribution in [0.15, 0.2) is 35.5 Å². The first-order valence-corrected chi connectivity index (χ1v) is 21.5. The number of thiazole rings is 1. The molecule has 5 heterocycles. The fraction of sp³-hybridized carbons (Fsp3) is 0.452. The Labute approximate surface area is 356 Å². The molecule has 0 aliphatic rings. The van der Waals surface area contributed by atoms with Crippen LogP contribution in [0.5, 0.6) is 5.75 Å². The Bertz CT molecular complexity index is 2650. The van der Waals surface area contributed by atoms with Gasteiger partial charge >= 0.3 is 5.97 Å². The molecule has 0 saturated carbocycles. The summed E-state index contributed by atoms with van der Waals surface area (Å²) < 4.78 is 19.1. The zero-order valence-electron chi connectivity index (χ0n) is 35.4. The Balaban J connectivity index is 1.22. The zero-order chi connectivity index (χ0) is 43.8. The number of nitrogens with zero attached hydrogens (tertiary/aromatic N) is 9. The van der Waals surface area contributed by atoms with Crippen molar-refractivity contribution < 1.29 is 28.7 Å². The van der Waals surface area contributed by atoms with Crippen LogP contribution in [0, 0.1) is 13.8 Å². The number of nitrogens with two attached hydrogens (primary N) is 3. The highest BCUT2D eigenvalue weighted by Gasteiger charge is 2.23. The summed E-state index contributed by atoms with van der Waals surface area (Å²) in [6.07, 6.45) is 7.48. The van der Waals surface area contributed by atoms with Gasteiger partial charge in [-0.3, -0.25) is 23.7 Å². The molecule has 6 rings (SSSR count). The van der Waals surface area contributed by atoms with E-state index in [2.05, 4.69) is 27.0 Å². The number of unbranched alkanes of at least 4 members (excludes halogenated alkanes) is 4. The van der Waals surface area contributed by atoms with Crippen LogP contribution >= 0.6 is 11.3 Å². The zero-order valence-corrected chi connectivity index (χ0v) is 36.2. The number of esters is 1. The van der Waals surface area contributed by atoms with Gasteiger partial charge in [-0.25, -0.2) is 14.8 Å². The lowest BCUT2D eigenvalue weighted by Crippen LogP contribution is -2.20. The second-order valence-corrected chi connectivity index (χ2v) is 15.8. The van der Waals surface area contributed by atoms with Crippen molar-refractivity contribution in [3.63, 3.8) is 0 Å². The van der Waals surface area contributed by atoms with E-state index in [0.29, 0.717) is 95.4 Å². The van der Waals surface area contributed by atoms with E-state index in [1.54, 1.807) is 40.6 Å². The first-order chi connectivity index (χ1) is 29.3. The third-order valence-corrected chi connectivity index (χ3v) is 11.3. The van der Waals surface area contributed by atoms with E-state index >= 15 is 0 Å². The highest BCUT2D eigenvalue weighted by atomic mass is 32.1. The van der Waals surface area contributed by atoms with Gasteiger partial charge in [-0.05, 0) is 90.5 Å². The first kappa shape index (κ1) is 44.2. The van der Waals surface area contributed by atoms with Crippen LogP contribution in [-0.2, 0) is 37.3 Å². The maximum Gasteiger partial charge on any atom is 0.356 e. The van der Waals surface area contributed by atoms with Gasteiger partial charge < -0.3 is 35.8 Å². The summed E-state index contributed by atoms with van der Waals surface area (Å²) in [6, 6.07) is 6.65. The van der Waals surface area contributed by atoms with Gasteiger partial charge in [0.2, 0.25) is 17.8 Å². The number of ether oxygens (including phenoxy) is 2. The molecule has 5 aromatic heterocycles. The van der Waals surface area contributed by atoms with E-state index in [-0.39, 0.29) is 29.7 Å². The van der Waals surface area contributed by atoms with E-state index in [1.807, 2.05) is 29.9 Å². The van der Waals surface area contributed by atoms with Crippen molar-refractivity contribution in [3.8, 4) is 5.75 Å². The van der Waals surface area contributed by atoms with E-state index in [1.165, 1.54) is 17.5 Å². The van der Waals surface area contributed by atoms with Gasteiger partial charge in [0.05, 0.1) is 40.4 Å². The molecule has 1 aromatic carbocycles. The summed E-state index contributed by atoms with van der Waals surface area (Å²) >= 11 is 1.25. The van der Waals surface area contributed by atoms with E-state index in [0.717, 1.165) is 49.1 Å². The second kappa shape index (κ2) is 19.8. The minimum absolute atomic E-state index is 0.250. The number of benzene rings is 1. The molecule has 0 atom stereocenters. The van der Waals surface area contributed by atoms with Crippen LogP contribution in [0.1, 0.15) is 124 Å². The minimum atomic E-state index is -0.610. The predicted molar refractivity (Wildman–Crippen MR) is 231 cm³/mol. The monoisotopic (exact) mass is 854 g/mol. The Kier molecular flexibility index (Phi) is 14.3. The molecular weight excluding hydrogens is 801 g/mol. The van der Waals surface area contributed by atoms with Gasteiger partial charge in [0.25, 0.3) is 5.91 Å². The van der Waals surface area contributed by atoms with Gasteiger partial charge in [-0.15, -0.1) is 0 Å². The predicted octanol–water partition coefficient (Wildman–Crippen LogP) is 5.25. The van der Waals surface area contributed by atoms with Crippen molar-refractivity contribution in [2.24, 2.45) is 16.5 Å². The Hall–Kier alpha value is -6.37. The number of aryl methyl sites for hydroxylation is 6. The van der Waals surface area contributed by atoms with Gasteiger partial charge in [0, 0.05) is 43.5 Å². The van der Waals surface area contributed by atoms with E-state index in [9.17, 15) is 19.2 Å². The van der Waals surface area contributed by atoms with Crippen LogP contribution in [-0.4, -0.2) is 75.6 Å². The Morgan fingerprint density at radius 2 is 1.57 bits per heavy atom. The van der Waals surface area contributed by atoms with Gasteiger partial charge in [-0.2, -0.15) is 15.2 Å². The topological polar surface area (TPSA) is 248 Å². The number of hydrogen-bond acceptors (Lipinski definition) is 12. The summed E-state index contributed by atoms with van der Waals surface area (Å²) in [5, 5.41) is 9.17. The highest BCUT2D eigenvalue weighted by Crippen LogP contribution is 2.31. The number of primary amides is 2. The van der Waals surface area contributed by atoms with Crippen LogP contribution in [0.3, 0.4) is 0 Å². The van der Waals surface area contributed by atoms with E-state index in [4.69, 9.17) is 31.8 Å². The first-order valence-electron chi connectivity index (χ1n) is 20.7. The number of nitrogen functional groups attached to an aromatic ring is 1. The standard InChI is InChI=1S/C42H54N12O6S/c1-6-9-19-60-32-22-27(36(43)55)21-30-35(32)51(41(45)47-30)16-13-14-17-52-38-33(23-28(24-46-38)37(44)56)61-42(52)48-39(57)34-29(26(5)50-53(34)7-2)15-11-10-12-18-54-31(20-25(4)49-54)40(58)59-8-3/h20-24H,6-19H2,1-5H3,(H2,43,55)(H2,44,56)(H2,45,47). The molecular formula is C42H54N12O6S. The van der Waals surface area contributed by atoms with E-state index < -0.39 is 17.7 Å². The van der Waals surface area contributed by atoms with Crippen LogP contribution < -0.4 is 26.7 Å². The molecule has 0 fully saturated rings. The molecule has 6 N–H and O–H groups in total. The number of rotatable bonds is 21. The van der Waals surface area contributed by atoms with Gasteiger partial charge in [-0.1, -0.05) is 31.1 Å². The third-order valence-electron chi connectivity index (χ3n) is 10.3. The molecule has 3 amide bonds. The normalized spacial score (nSPS) is 11.9. The number of carbonyl (C=O) groups excluding carboxylic acids is 4. The number of aromatic nitrogens is 8. The fourth-order valence-electron chi connectivity index (χ4n) is 7.32. The van der Waals surface area contributed by atoms with Crippen molar-refractivity contribution >= 4 is 62.4 Å². The number of anilines is 1. The summed E-state index contributed by atoms with van der Waals surface area (Å²) in [7, 11) is 0. The molecule has 0 radical (unpaired) electrons. The average Bonchev–Trinajstić information content (AvgIpc) is 3.96. The largest absolute Gasteiger partial charge is 0.491 e. The van der Waals surface area contributed by atoms with Gasteiger partial charge in [0.15, 0.2) is 10.4 Å². The molecule has 19 heteroatoms. The smallest absolute Gasteiger partial charge is 0.356 e. The summed E-state index contributed by atoms with van der Waals surface area (Å²) in [5.74, 6) is -1.24. The lowest BCUT2D eigenvalue weighted by atomic mass is 10.0. The number of hydrogen-bond donors (Lipinski definition) is 3. The molecule has 0 saturated heterocycles. The molecule has 6 aromatic rings. The molecule has 324 valence electrons. The van der Waals surface area contributed by atoms with Crippen LogP contribution in [0.2, 0.25) is 0 Å². The third kappa shape index (κ3) is 9.99. The number of imidazole rings is 1. The molecule has 0 aliphatic carbocycles. The minimum Gasteiger partial charge on any atom is -0.491 e. The SMILES string of the molecule is CCCCOc1cc(C(N)=O)cc2nc(N)n(CCCCn3c(=NC(=O)c4c(CCCCCn5nc(C)cc5C(=O)OCC)c(C)nn4CC)sc4cc(C(N)=O)cnc43)c12. The fourth-order valence-corrected chi connectivity index (χ4v) is 8.38. The summed E-state index contributed by atoms with van der Waals surface area (Å²) in [6.45, 7) is 12.2. The number of carbonyl (C=O) groups is 4. The van der Waals surface area contributed by atoms with Crippen molar-refractivity contribution in [2.45, 2.75) is 112 Å². The summed E-state index contributed by atoms with van der Waals surface area (Å²) in [5.41, 5.74) is 23.1. The van der Waals surface area contributed by atoms with Crippen molar-refractivity contribution in [1.82, 2.24) is 38.7 Å². The molecule has 0 spiro atoms. The van der Waals surface area contributed by atoms with Crippen molar-refractivity contribution in [1.29, 1.82) is 0 Å². The Morgan fingerprint density at radius 3 is 2.28 bits per heavy atom. The molecule has 0 bridgehead atoms. The molecule has 18 nitrogen and oxygen atoms in total. The van der Waals surface area contributed by atoms with Crippen LogP contribution in [0.4, 0.5) is 5.95 Å². The molecule has 61 heavy (non-hydrogen) atoms. The number of fused-ring (bicyclic) bond motifs is 2. The quantitative estimate of drug-likeness (QED) is 0.0623. The molecule has 0 unspecified atom stereocenters. The van der Waals surface area contributed by atoms with Crippen molar-refractivity contribution in [3.05, 3.63) is 74.7 Å². The number of pyridine rings is 1. The molecule has 0 aliphatic heterocycles. The van der Waals surface area contributed by atoms with Crippen molar-refractivity contribution in [2.75, 3.05) is 18.9 Å². The van der Waals surface area contributed by atoms with Gasteiger partial charge in [0.1, 0.15) is 22.7 Å². The lowest BCUT2D eigenvalue weighted by molar-refractivity contribution is 0.0511. The highest BCUT2D eigenvalue weighted by molar-refractivity contribution is 7.16. The number of amides is 3. The lowest BCUT2D eigenvalue weighted by Gasteiger charge is -2.12. The van der Waals surface area contributed by atoms with Crippen LogP contribution in [0.25, 0.3) is 21.4 Å². The second-order valence-electron chi connectivity index (χ2n) is 14.8. The average molecular weight is 855 g/mol. The summed E-state index contributed by atoms with van der Waals surface area (Å²) in [4.78, 5) is 65.0. The maximum atomic E-state index is 14.3. The Morgan fingerprint density at radius 1 is 0.836 bits per heavy atom.